The number of nitrogens with one attached hydrogen (secondary N) is 2. The van der Waals surface area contributed by atoms with Crippen LogP contribution in [0.2, 0.25) is 0 Å². The Bertz CT molecular complexity index is 830. The summed E-state index contributed by atoms with van der Waals surface area (Å²) < 4.78 is 37.9. The SMILES string of the molecule is O=C(NCC#Cc1cccc(C(F)(F)F)c1)[C@@H]1CCc2[nH]ncc2C1. The molecule has 1 heterocycles. The number of carbonyl (C=O) groups is 1. The molecule has 0 fully saturated rings. The number of H-pyrrole nitrogens is 1. The van der Waals surface area contributed by atoms with Gasteiger partial charge in [0.1, 0.15) is 0 Å². The third kappa shape index (κ3) is 4.21. The van der Waals surface area contributed by atoms with Crippen LogP contribution < -0.4 is 5.32 Å². The molecule has 0 unspecified atom stereocenters. The highest BCUT2D eigenvalue weighted by atomic mass is 19.4. The van der Waals surface area contributed by atoms with E-state index in [0.29, 0.717) is 6.42 Å². The minimum atomic E-state index is -4.39. The lowest BCUT2D eigenvalue weighted by atomic mass is 9.87. The molecule has 0 saturated carbocycles. The van der Waals surface area contributed by atoms with Crippen LogP contribution in [-0.2, 0) is 23.8 Å². The summed E-state index contributed by atoms with van der Waals surface area (Å²) in [6.45, 7) is 0.101. The van der Waals surface area contributed by atoms with Crippen LogP contribution in [0.25, 0.3) is 0 Å². The predicted molar refractivity (Wildman–Crippen MR) is 85.4 cm³/mol. The zero-order valence-corrected chi connectivity index (χ0v) is 13.3. The highest BCUT2D eigenvalue weighted by Crippen LogP contribution is 2.29. The fourth-order valence-electron chi connectivity index (χ4n) is 2.84. The van der Waals surface area contributed by atoms with E-state index in [1.54, 1.807) is 6.20 Å². The number of fused-ring (bicyclic) bond motifs is 1. The van der Waals surface area contributed by atoms with Crippen LogP contribution >= 0.6 is 0 Å². The van der Waals surface area contributed by atoms with Gasteiger partial charge in [-0.15, -0.1) is 0 Å². The average molecular weight is 347 g/mol. The number of amides is 1. The Hall–Kier alpha value is -2.75. The van der Waals surface area contributed by atoms with Crippen molar-refractivity contribution >= 4 is 5.91 Å². The van der Waals surface area contributed by atoms with Gasteiger partial charge in [0.25, 0.3) is 0 Å². The Labute approximate surface area is 142 Å². The van der Waals surface area contributed by atoms with E-state index in [0.717, 1.165) is 36.2 Å². The number of alkyl halides is 3. The third-order valence-corrected chi connectivity index (χ3v) is 4.16. The Morgan fingerprint density at radius 2 is 2.24 bits per heavy atom. The van der Waals surface area contributed by atoms with E-state index in [-0.39, 0.29) is 23.9 Å². The van der Waals surface area contributed by atoms with Crippen molar-refractivity contribution in [1.29, 1.82) is 0 Å². The van der Waals surface area contributed by atoms with Gasteiger partial charge in [0, 0.05) is 17.2 Å². The molecule has 1 aliphatic carbocycles. The van der Waals surface area contributed by atoms with Crippen molar-refractivity contribution in [2.45, 2.75) is 25.4 Å². The molecule has 1 aromatic carbocycles. The monoisotopic (exact) mass is 347 g/mol. The maximum atomic E-state index is 12.6. The van der Waals surface area contributed by atoms with E-state index < -0.39 is 11.7 Å². The number of halogens is 3. The molecule has 1 amide bonds. The lowest BCUT2D eigenvalue weighted by Gasteiger charge is -2.20. The van der Waals surface area contributed by atoms with Gasteiger partial charge in [-0.25, -0.2) is 0 Å². The molecular formula is C18H16F3N3O. The van der Waals surface area contributed by atoms with Crippen LogP contribution in [-0.4, -0.2) is 22.6 Å². The fourth-order valence-corrected chi connectivity index (χ4v) is 2.84. The number of rotatable bonds is 2. The van der Waals surface area contributed by atoms with Crippen LogP contribution in [0.5, 0.6) is 0 Å². The molecule has 2 aromatic rings. The van der Waals surface area contributed by atoms with E-state index in [2.05, 4.69) is 27.4 Å². The van der Waals surface area contributed by atoms with E-state index >= 15 is 0 Å². The molecule has 0 bridgehead atoms. The first-order valence-corrected chi connectivity index (χ1v) is 7.88. The number of nitrogens with zero attached hydrogens (tertiary/aromatic N) is 1. The summed E-state index contributed by atoms with van der Waals surface area (Å²) >= 11 is 0. The highest BCUT2D eigenvalue weighted by Gasteiger charge is 2.30. The van der Waals surface area contributed by atoms with Gasteiger partial charge >= 0.3 is 6.18 Å². The van der Waals surface area contributed by atoms with Crippen LogP contribution in [0.1, 0.15) is 28.8 Å². The lowest BCUT2D eigenvalue weighted by Crippen LogP contribution is -2.34. The van der Waals surface area contributed by atoms with Crippen molar-refractivity contribution in [2.24, 2.45) is 5.92 Å². The predicted octanol–water partition coefficient (Wildman–Crippen LogP) is 2.70. The molecule has 7 heteroatoms. The van der Waals surface area contributed by atoms with E-state index in [9.17, 15) is 18.0 Å². The van der Waals surface area contributed by atoms with Gasteiger partial charge in [0.2, 0.25) is 5.91 Å². The molecule has 25 heavy (non-hydrogen) atoms. The summed E-state index contributed by atoms with van der Waals surface area (Å²) in [5.41, 5.74) is 1.67. The second-order valence-corrected chi connectivity index (χ2v) is 5.91. The lowest BCUT2D eigenvalue weighted by molar-refractivity contribution is -0.137. The van der Waals surface area contributed by atoms with Gasteiger partial charge in [0.15, 0.2) is 0 Å². The smallest absolute Gasteiger partial charge is 0.345 e. The maximum absolute atomic E-state index is 12.6. The van der Waals surface area contributed by atoms with E-state index in [1.807, 2.05) is 0 Å². The van der Waals surface area contributed by atoms with Gasteiger partial charge in [-0.05, 0) is 43.0 Å². The summed E-state index contributed by atoms with van der Waals surface area (Å²) in [6.07, 6.45) is -0.495. The number of carbonyl (C=O) groups excluding carboxylic acids is 1. The summed E-state index contributed by atoms with van der Waals surface area (Å²) in [7, 11) is 0. The topological polar surface area (TPSA) is 57.8 Å². The molecular weight excluding hydrogens is 331 g/mol. The Morgan fingerprint density at radius 3 is 3.04 bits per heavy atom. The number of aromatic nitrogens is 2. The van der Waals surface area contributed by atoms with Crippen LogP contribution in [0.3, 0.4) is 0 Å². The molecule has 1 aromatic heterocycles. The van der Waals surface area contributed by atoms with Crippen molar-refractivity contribution in [2.75, 3.05) is 6.54 Å². The molecule has 2 N–H and O–H groups in total. The van der Waals surface area contributed by atoms with Crippen molar-refractivity contribution in [3.63, 3.8) is 0 Å². The average Bonchev–Trinajstić information content (AvgIpc) is 3.05. The van der Waals surface area contributed by atoms with Crippen molar-refractivity contribution in [3.05, 3.63) is 52.8 Å². The summed E-state index contributed by atoms with van der Waals surface area (Å²) in [4.78, 5) is 12.2. The first-order valence-electron chi connectivity index (χ1n) is 7.88. The Morgan fingerprint density at radius 1 is 1.40 bits per heavy atom. The minimum absolute atomic E-state index is 0.0924. The summed E-state index contributed by atoms with van der Waals surface area (Å²) in [5.74, 6) is 5.13. The summed E-state index contributed by atoms with van der Waals surface area (Å²) in [5, 5.41) is 9.62. The van der Waals surface area contributed by atoms with Crippen LogP contribution in [0.4, 0.5) is 13.2 Å². The Balaban J connectivity index is 1.54. The summed E-state index contributed by atoms with van der Waals surface area (Å²) in [6, 6.07) is 4.82. The van der Waals surface area contributed by atoms with E-state index in [1.165, 1.54) is 12.1 Å². The fraction of sp³-hybridized carbons (Fsp3) is 0.333. The minimum Gasteiger partial charge on any atom is -0.345 e. The molecule has 4 nitrogen and oxygen atoms in total. The highest BCUT2D eigenvalue weighted by molar-refractivity contribution is 5.79. The van der Waals surface area contributed by atoms with Gasteiger partial charge in [-0.3, -0.25) is 9.89 Å². The number of aromatic amines is 1. The van der Waals surface area contributed by atoms with Crippen molar-refractivity contribution in [3.8, 4) is 11.8 Å². The zero-order valence-electron chi connectivity index (χ0n) is 13.3. The zero-order chi connectivity index (χ0) is 17.9. The molecule has 1 atom stereocenters. The second-order valence-electron chi connectivity index (χ2n) is 5.91. The second kappa shape index (κ2) is 7.01. The van der Waals surface area contributed by atoms with Crippen LogP contribution in [0.15, 0.2) is 30.5 Å². The van der Waals surface area contributed by atoms with Gasteiger partial charge in [-0.2, -0.15) is 18.3 Å². The van der Waals surface area contributed by atoms with Crippen molar-refractivity contribution in [1.82, 2.24) is 15.5 Å². The molecule has 0 saturated heterocycles. The maximum Gasteiger partial charge on any atom is 0.416 e. The first-order chi connectivity index (χ1) is 11.9. The van der Waals surface area contributed by atoms with Gasteiger partial charge in [0.05, 0.1) is 18.3 Å². The van der Waals surface area contributed by atoms with Crippen molar-refractivity contribution < 1.29 is 18.0 Å². The molecule has 3 rings (SSSR count). The number of aryl methyl sites for hydroxylation is 1. The van der Waals surface area contributed by atoms with Crippen LogP contribution in [0, 0.1) is 17.8 Å². The number of benzene rings is 1. The molecule has 0 radical (unpaired) electrons. The van der Waals surface area contributed by atoms with E-state index in [4.69, 9.17) is 0 Å². The van der Waals surface area contributed by atoms with Gasteiger partial charge < -0.3 is 5.32 Å². The quantitative estimate of drug-likeness (QED) is 0.821. The largest absolute Gasteiger partial charge is 0.416 e. The van der Waals surface area contributed by atoms with Gasteiger partial charge in [-0.1, -0.05) is 17.9 Å². The molecule has 1 aliphatic rings. The normalized spacial score (nSPS) is 16.5. The number of hydrogen-bond acceptors (Lipinski definition) is 2. The standard InChI is InChI=1S/C18H16F3N3O/c19-18(20,21)15-5-1-3-12(9-15)4-2-8-22-17(25)13-6-7-16-14(10-13)11-23-24-16/h1,3,5,9,11,13H,6-8,10H2,(H,22,25)(H,23,24)/t13-/m1/s1. The first kappa shape index (κ1) is 17.1. The number of hydrogen-bond donors (Lipinski definition) is 2. The Kier molecular flexibility index (Phi) is 4.79. The molecule has 130 valence electrons. The molecule has 0 aliphatic heterocycles. The third-order valence-electron chi connectivity index (χ3n) is 4.16. The molecule has 0 spiro atoms.